The minimum Gasteiger partial charge on any atom is -0.460 e. The van der Waals surface area contributed by atoms with Crippen molar-refractivity contribution in [3.8, 4) is 0 Å². The van der Waals surface area contributed by atoms with Crippen LogP contribution in [0, 0.1) is 5.41 Å². The molecule has 1 aliphatic rings. The fourth-order valence-corrected chi connectivity index (χ4v) is 3.15. The predicted molar refractivity (Wildman–Crippen MR) is 105 cm³/mol. The van der Waals surface area contributed by atoms with Gasteiger partial charge in [0.25, 0.3) is 0 Å². The number of rotatable bonds is 3. The van der Waals surface area contributed by atoms with Gasteiger partial charge in [-0.25, -0.2) is 4.79 Å². The molecule has 27 heavy (non-hydrogen) atoms. The van der Waals surface area contributed by atoms with Gasteiger partial charge in [0.2, 0.25) is 0 Å². The average molecular weight is 371 g/mol. The summed E-state index contributed by atoms with van der Waals surface area (Å²) in [6, 6.07) is 7.84. The molecular weight excluding hydrogens is 342 g/mol. The van der Waals surface area contributed by atoms with Gasteiger partial charge in [0.15, 0.2) is 0 Å². The van der Waals surface area contributed by atoms with E-state index in [0.29, 0.717) is 6.42 Å². The zero-order valence-electron chi connectivity index (χ0n) is 17.1. The standard InChI is InChI=1S/C22H29NO4/c1-20(2,3)26-18(24)22(10-11-22)14-15-7-8-17-16(13-15)9-12-23(17)19(25)27-21(4,5)6/h7-9,12-13H,10-11,14H2,1-6H3. The Labute approximate surface area is 160 Å². The zero-order chi connectivity index (χ0) is 20.0. The normalized spacial score (nSPS) is 16.2. The van der Waals surface area contributed by atoms with Gasteiger partial charge in [-0.15, -0.1) is 0 Å². The van der Waals surface area contributed by atoms with Gasteiger partial charge < -0.3 is 9.47 Å². The number of carbonyl (C=O) groups excluding carboxylic acids is 2. The summed E-state index contributed by atoms with van der Waals surface area (Å²) in [5.41, 5.74) is 0.470. The van der Waals surface area contributed by atoms with E-state index in [9.17, 15) is 9.59 Å². The van der Waals surface area contributed by atoms with Crippen LogP contribution < -0.4 is 0 Å². The number of fused-ring (bicyclic) bond motifs is 1. The van der Waals surface area contributed by atoms with Crippen molar-refractivity contribution in [3.05, 3.63) is 36.0 Å². The van der Waals surface area contributed by atoms with E-state index in [1.807, 2.05) is 65.8 Å². The Bertz CT molecular complexity index is 876. The lowest BCUT2D eigenvalue weighted by molar-refractivity contribution is -0.161. The molecule has 1 heterocycles. The number of aromatic nitrogens is 1. The van der Waals surface area contributed by atoms with Crippen molar-refractivity contribution in [2.75, 3.05) is 0 Å². The lowest BCUT2D eigenvalue weighted by Gasteiger charge is -2.24. The Morgan fingerprint density at radius 3 is 2.19 bits per heavy atom. The second-order valence-corrected chi connectivity index (χ2v) is 9.52. The first kappa shape index (κ1) is 19.5. The first-order chi connectivity index (χ1) is 12.4. The van der Waals surface area contributed by atoms with E-state index in [0.717, 1.165) is 29.3 Å². The van der Waals surface area contributed by atoms with Crippen LogP contribution in [0.15, 0.2) is 30.5 Å². The summed E-state index contributed by atoms with van der Waals surface area (Å²) in [7, 11) is 0. The quantitative estimate of drug-likeness (QED) is 0.705. The maximum atomic E-state index is 12.5. The highest BCUT2D eigenvalue weighted by atomic mass is 16.6. The molecular formula is C22H29NO4. The van der Waals surface area contributed by atoms with Crippen molar-refractivity contribution in [1.29, 1.82) is 0 Å². The summed E-state index contributed by atoms with van der Waals surface area (Å²) in [6.07, 6.45) is 3.72. The molecule has 146 valence electrons. The van der Waals surface area contributed by atoms with Gasteiger partial charge in [0, 0.05) is 11.6 Å². The monoisotopic (exact) mass is 371 g/mol. The Kier molecular flexibility index (Phi) is 4.61. The predicted octanol–water partition coefficient (Wildman–Crippen LogP) is 5.09. The van der Waals surface area contributed by atoms with Crippen molar-refractivity contribution in [3.63, 3.8) is 0 Å². The molecule has 1 aliphatic carbocycles. The van der Waals surface area contributed by atoms with Gasteiger partial charge in [-0.2, -0.15) is 0 Å². The number of hydrogen-bond donors (Lipinski definition) is 0. The molecule has 0 atom stereocenters. The number of carbonyl (C=O) groups is 2. The zero-order valence-corrected chi connectivity index (χ0v) is 17.1. The van der Waals surface area contributed by atoms with Crippen molar-refractivity contribution in [2.45, 2.75) is 72.0 Å². The van der Waals surface area contributed by atoms with Crippen molar-refractivity contribution >= 4 is 23.0 Å². The number of esters is 1. The Morgan fingerprint density at radius 1 is 1.00 bits per heavy atom. The smallest absolute Gasteiger partial charge is 0.418 e. The van der Waals surface area contributed by atoms with Crippen LogP contribution in [0.25, 0.3) is 10.9 Å². The molecule has 0 aliphatic heterocycles. The number of hydrogen-bond acceptors (Lipinski definition) is 4. The first-order valence-corrected chi connectivity index (χ1v) is 9.45. The third-order valence-corrected chi connectivity index (χ3v) is 4.57. The molecule has 0 bridgehead atoms. The highest BCUT2D eigenvalue weighted by Crippen LogP contribution is 2.50. The minimum absolute atomic E-state index is 0.110. The molecule has 0 saturated heterocycles. The molecule has 3 rings (SSSR count). The van der Waals surface area contributed by atoms with Crippen LogP contribution in [0.5, 0.6) is 0 Å². The molecule has 1 aromatic heterocycles. The van der Waals surface area contributed by atoms with Gasteiger partial charge in [0.05, 0.1) is 10.9 Å². The Balaban J connectivity index is 1.78. The van der Waals surface area contributed by atoms with E-state index in [2.05, 4.69) is 0 Å². The van der Waals surface area contributed by atoms with Crippen LogP contribution in [0.2, 0.25) is 0 Å². The molecule has 1 saturated carbocycles. The first-order valence-electron chi connectivity index (χ1n) is 9.45. The van der Waals surface area contributed by atoms with Crippen molar-refractivity contribution < 1.29 is 19.1 Å². The van der Waals surface area contributed by atoms with E-state index in [1.54, 1.807) is 6.20 Å². The highest BCUT2D eigenvalue weighted by molar-refractivity contribution is 5.90. The molecule has 0 amide bonds. The molecule has 0 unspecified atom stereocenters. The van der Waals surface area contributed by atoms with E-state index < -0.39 is 22.7 Å². The highest BCUT2D eigenvalue weighted by Gasteiger charge is 2.52. The number of ether oxygens (including phenoxy) is 2. The molecule has 0 N–H and O–H groups in total. The van der Waals surface area contributed by atoms with Gasteiger partial charge in [-0.05, 0) is 84.6 Å². The van der Waals surface area contributed by atoms with Crippen LogP contribution in [-0.4, -0.2) is 27.8 Å². The summed E-state index contributed by atoms with van der Waals surface area (Å²) < 4.78 is 12.6. The van der Waals surface area contributed by atoms with Crippen LogP contribution in [0.1, 0.15) is 59.9 Å². The van der Waals surface area contributed by atoms with Crippen LogP contribution in [-0.2, 0) is 20.7 Å². The lowest BCUT2D eigenvalue weighted by Crippen LogP contribution is -2.30. The van der Waals surface area contributed by atoms with E-state index in [-0.39, 0.29) is 5.97 Å². The number of nitrogens with zero attached hydrogens (tertiary/aromatic N) is 1. The van der Waals surface area contributed by atoms with Gasteiger partial charge in [-0.3, -0.25) is 9.36 Å². The van der Waals surface area contributed by atoms with E-state index >= 15 is 0 Å². The van der Waals surface area contributed by atoms with Gasteiger partial charge in [0.1, 0.15) is 11.2 Å². The molecule has 0 spiro atoms. The fourth-order valence-electron chi connectivity index (χ4n) is 3.15. The molecule has 1 fully saturated rings. The van der Waals surface area contributed by atoms with Crippen LogP contribution in [0.4, 0.5) is 4.79 Å². The molecule has 2 aromatic rings. The molecule has 1 aromatic carbocycles. The van der Waals surface area contributed by atoms with E-state index in [4.69, 9.17) is 9.47 Å². The largest absolute Gasteiger partial charge is 0.460 e. The van der Waals surface area contributed by atoms with Crippen molar-refractivity contribution in [1.82, 2.24) is 4.57 Å². The average Bonchev–Trinajstić information content (AvgIpc) is 3.15. The number of benzene rings is 1. The van der Waals surface area contributed by atoms with Gasteiger partial charge >= 0.3 is 12.1 Å². The van der Waals surface area contributed by atoms with Crippen LogP contribution >= 0.6 is 0 Å². The van der Waals surface area contributed by atoms with Gasteiger partial charge in [-0.1, -0.05) is 6.07 Å². The summed E-state index contributed by atoms with van der Waals surface area (Å²) >= 11 is 0. The third-order valence-electron chi connectivity index (χ3n) is 4.57. The molecule has 0 radical (unpaired) electrons. The summed E-state index contributed by atoms with van der Waals surface area (Å²) in [5.74, 6) is -0.110. The lowest BCUT2D eigenvalue weighted by atomic mass is 9.95. The summed E-state index contributed by atoms with van der Waals surface area (Å²) in [6.45, 7) is 11.2. The second-order valence-electron chi connectivity index (χ2n) is 9.52. The molecule has 5 heteroatoms. The maximum absolute atomic E-state index is 12.5. The second kappa shape index (κ2) is 6.39. The van der Waals surface area contributed by atoms with Crippen molar-refractivity contribution in [2.24, 2.45) is 5.41 Å². The Hall–Kier alpha value is -2.30. The SMILES string of the molecule is CC(C)(C)OC(=O)n1ccc2cc(CC3(C(=O)OC(C)(C)C)CC3)ccc21. The molecule has 5 nitrogen and oxygen atoms in total. The van der Waals surface area contributed by atoms with E-state index in [1.165, 1.54) is 4.57 Å². The summed E-state index contributed by atoms with van der Waals surface area (Å²) in [5, 5.41) is 0.957. The Morgan fingerprint density at radius 2 is 1.63 bits per heavy atom. The van der Waals surface area contributed by atoms with Crippen LogP contribution in [0.3, 0.4) is 0 Å². The topological polar surface area (TPSA) is 57.5 Å². The fraction of sp³-hybridized carbons (Fsp3) is 0.545. The maximum Gasteiger partial charge on any atom is 0.418 e. The minimum atomic E-state index is -0.542. The third kappa shape index (κ3) is 4.52. The summed E-state index contributed by atoms with van der Waals surface area (Å²) in [4.78, 5) is 24.9.